The number of urea groups is 1. The Bertz CT molecular complexity index is 382. The van der Waals surface area contributed by atoms with E-state index in [2.05, 4.69) is 10.6 Å². The van der Waals surface area contributed by atoms with Crippen molar-refractivity contribution >= 4 is 11.7 Å². The Morgan fingerprint density at radius 3 is 2.69 bits per heavy atom. The van der Waals surface area contributed by atoms with Crippen molar-refractivity contribution in [3.8, 4) is 0 Å². The number of nitrogens with one attached hydrogen (secondary N) is 2. The first kappa shape index (κ1) is 12.4. The molecular formula is C11H14F2N2O. The lowest BCUT2D eigenvalue weighted by Crippen LogP contribution is -2.35. The monoisotopic (exact) mass is 228 g/mol. The molecule has 5 heteroatoms. The molecule has 1 rings (SSSR count). The van der Waals surface area contributed by atoms with Crippen molar-refractivity contribution in [3.63, 3.8) is 0 Å². The zero-order valence-electron chi connectivity index (χ0n) is 9.18. The number of anilines is 1. The van der Waals surface area contributed by atoms with E-state index >= 15 is 0 Å². The average Bonchev–Trinajstić information content (AvgIpc) is 2.22. The van der Waals surface area contributed by atoms with Gasteiger partial charge < -0.3 is 10.6 Å². The smallest absolute Gasteiger partial charge is 0.319 e. The fraction of sp³-hybridized carbons (Fsp3) is 0.364. The Morgan fingerprint density at radius 2 is 2.12 bits per heavy atom. The van der Waals surface area contributed by atoms with Gasteiger partial charge in [-0.1, -0.05) is 6.92 Å². The van der Waals surface area contributed by atoms with Crippen LogP contribution in [0.3, 0.4) is 0 Å². The van der Waals surface area contributed by atoms with Crippen molar-refractivity contribution in [1.29, 1.82) is 0 Å². The molecule has 0 aliphatic heterocycles. The van der Waals surface area contributed by atoms with Crippen LogP contribution in [0.2, 0.25) is 0 Å². The van der Waals surface area contributed by atoms with Crippen molar-refractivity contribution in [1.82, 2.24) is 5.32 Å². The summed E-state index contributed by atoms with van der Waals surface area (Å²) in [7, 11) is 0. The Kier molecular flexibility index (Phi) is 4.22. The lowest BCUT2D eigenvalue weighted by Gasteiger charge is -2.12. The topological polar surface area (TPSA) is 41.1 Å². The van der Waals surface area contributed by atoms with Crippen molar-refractivity contribution in [2.45, 2.75) is 26.3 Å². The number of hydrogen-bond donors (Lipinski definition) is 2. The molecule has 0 saturated carbocycles. The molecule has 0 aliphatic carbocycles. The number of rotatable bonds is 3. The van der Waals surface area contributed by atoms with Gasteiger partial charge in [0.05, 0.1) is 5.69 Å². The van der Waals surface area contributed by atoms with Gasteiger partial charge in [-0.25, -0.2) is 13.6 Å². The highest BCUT2D eigenvalue weighted by Gasteiger charge is 2.09. The minimum Gasteiger partial charge on any atom is -0.335 e. The van der Waals surface area contributed by atoms with E-state index in [0.29, 0.717) is 0 Å². The van der Waals surface area contributed by atoms with Crippen LogP contribution in [-0.2, 0) is 0 Å². The summed E-state index contributed by atoms with van der Waals surface area (Å²) in [6.07, 6.45) is 0.777. The molecule has 3 nitrogen and oxygen atoms in total. The molecule has 0 aromatic heterocycles. The Labute approximate surface area is 92.8 Å². The molecule has 2 N–H and O–H groups in total. The minimum atomic E-state index is -0.792. The van der Waals surface area contributed by atoms with Crippen LogP contribution in [0, 0.1) is 11.6 Å². The molecule has 2 amide bonds. The van der Waals surface area contributed by atoms with Crippen LogP contribution < -0.4 is 10.6 Å². The highest BCUT2D eigenvalue weighted by molar-refractivity contribution is 5.89. The van der Waals surface area contributed by atoms with Gasteiger partial charge in [0.1, 0.15) is 11.6 Å². The number of halogens is 2. The second-order valence-electron chi connectivity index (χ2n) is 3.53. The standard InChI is InChI=1S/C11H14F2N2O/c1-3-7(2)14-11(16)15-10-5-4-8(12)6-9(10)13/h4-7H,3H2,1-2H3,(H2,14,15,16). The zero-order valence-corrected chi connectivity index (χ0v) is 9.18. The Balaban J connectivity index is 2.63. The van der Waals surface area contributed by atoms with Gasteiger partial charge in [0.25, 0.3) is 0 Å². The molecule has 1 aromatic carbocycles. The lowest BCUT2D eigenvalue weighted by molar-refractivity contribution is 0.249. The van der Waals surface area contributed by atoms with Crippen LogP contribution in [0.4, 0.5) is 19.3 Å². The van der Waals surface area contributed by atoms with Crippen molar-refractivity contribution < 1.29 is 13.6 Å². The SMILES string of the molecule is CCC(C)NC(=O)Nc1ccc(F)cc1F. The summed E-state index contributed by atoms with van der Waals surface area (Å²) in [6.45, 7) is 3.75. The Morgan fingerprint density at radius 1 is 1.44 bits per heavy atom. The number of hydrogen-bond acceptors (Lipinski definition) is 1. The van der Waals surface area contributed by atoms with Crippen molar-refractivity contribution in [2.24, 2.45) is 0 Å². The molecular weight excluding hydrogens is 214 g/mol. The van der Waals surface area contributed by atoms with Crippen molar-refractivity contribution in [2.75, 3.05) is 5.32 Å². The summed E-state index contributed by atoms with van der Waals surface area (Å²) < 4.78 is 25.7. The highest BCUT2D eigenvalue weighted by atomic mass is 19.1. The molecule has 0 spiro atoms. The third-order valence-electron chi connectivity index (χ3n) is 2.17. The van der Waals surface area contributed by atoms with E-state index in [1.54, 1.807) is 0 Å². The van der Waals surface area contributed by atoms with Gasteiger partial charge in [-0.15, -0.1) is 0 Å². The van der Waals surface area contributed by atoms with Gasteiger partial charge in [-0.3, -0.25) is 0 Å². The second kappa shape index (κ2) is 5.44. The molecule has 0 radical (unpaired) electrons. The van der Waals surface area contributed by atoms with Crippen LogP contribution in [0.1, 0.15) is 20.3 Å². The van der Waals surface area contributed by atoms with Gasteiger partial charge in [0, 0.05) is 12.1 Å². The third kappa shape index (κ3) is 3.49. The minimum absolute atomic E-state index is 0.00325. The number of amides is 2. The number of benzene rings is 1. The zero-order chi connectivity index (χ0) is 12.1. The molecule has 1 unspecified atom stereocenters. The summed E-state index contributed by atoms with van der Waals surface area (Å²) in [5.74, 6) is -1.47. The summed E-state index contributed by atoms with van der Waals surface area (Å²) in [6, 6.07) is 2.49. The van der Waals surface area contributed by atoms with E-state index in [-0.39, 0.29) is 11.7 Å². The molecule has 16 heavy (non-hydrogen) atoms. The summed E-state index contributed by atoms with van der Waals surface area (Å²) >= 11 is 0. The maximum atomic E-state index is 13.1. The molecule has 0 aliphatic rings. The number of carbonyl (C=O) groups excluding carboxylic acids is 1. The van der Waals surface area contributed by atoms with Gasteiger partial charge >= 0.3 is 6.03 Å². The highest BCUT2D eigenvalue weighted by Crippen LogP contribution is 2.14. The molecule has 0 saturated heterocycles. The van der Waals surface area contributed by atoms with Gasteiger partial charge in [-0.2, -0.15) is 0 Å². The Hall–Kier alpha value is -1.65. The van der Waals surface area contributed by atoms with Gasteiger partial charge in [-0.05, 0) is 25.5 Å². The summed E-state index contributed by atoms with van der Waals surface area (Å²) in [5, 5.41) is 4.92. The molecule has 1 aromatic rings. The fourth-order valence-corrected chi connectivity index (χ4v) is 1.08. The maximum absolute atomic E-state index is 13.1. The predicted molar refractivity (Wildman–Crippen MR) is 58.3 cm³/mol. The number of carbonyl (C=O) groups is 1. The quantitative estimate of drug-likeness (QED) is 0.820. The average molecular weight is 228 g/mol. The van der Waals surface area contributed by atoms with Crippen LogP contribution >= 0.6 is 0 Å². The summed E-state index contributed by atoms with van der Waals surface area (Å²) in [5.41, 5.74) is -0.0396. The first-order chi connectivity index (χ1) is 7.52. The lowest BCUT2D eigenvalue weighted by atomic mass is 10.2. The van der Waals surface area contributed by atoms with E-state index in [0.717, 1.165) is 18.6 Å². The molecule has 88 valence electrons. The second-order valence-corrected chi connectivity index (χ2v) is 3.53. The van der Waals surface area contributed by atoms with E-state index in [1.165, 1.54) is 6.07 Å². The predicted octanol–water partition coefficient (Wildman–Crippen LogP) is 2.88. The molecule has 0 bridgehead atoms. The van der Waals surface area contributed by atoms with Crippen LogP contribution in [-0.4, -0.2) is 12.1 Å². The van der Waals surface area contributed by atoms with Gasteiger partial charge in [0.2, 0.25) is 0 Å². The van der Waals surface area contributed by atoms with Crippen LogP contribution in [0.5, 0.6) is 0 Å². The molecule has 0 heterocycles. The third-order valence-corrected chi connectivity index (χ3v) is 2.17. The van der Waals surface area contributed by atoms with E-state index in [9.17, 15) is 13.6 Å². The van der Waals surface area contributed by atoms with Crippen LogP contribution in [0.15, 0.2) is 18.2 Å². The van der Waals surface area contributed by atoms with E-state index < -0.39 is 17.7 Å². The van der Waals surface area contributed by atoms with E-state index in [4.69, 9.17) is 0 Å². The first-order valence-corrected chi connectivity index (χ1v) is 5.05. The maximum Gasteiger partial charge on any atom is 0.319 e. The van der Waals surface area contributed by atoms with Crippen molar-refractivity contribution in [3.05, 3.63) is 29.8 Å². The fourth-order valence-electron chi connectivity index (χ4n) is 1.08. The van der Waals surface area contributed by atoms with Crippen LogP contribution in [0.25, 0.3) is 0 Å². The van der Waals surface area contributed by atoms with Gasteiger partial charge in [0.15, 0.2) is 0 Å². The normalized spacial score (nSPS) is 12.0. The summed E-state index contributed by atoms with van der Waals surface area (Å²) in [4.78, 5) is 11.3. The largest absolute Gasteiger partial charge is 0.335 e. The first-order valence-electron chi connectivity index (χ1n) is 5.05. The molecule has 1 atom stereocenters. The van der Waals surface area contributed by atoms with E-state index in [1.807, 2.05) is 13.8 Å². The molecule has 0 fully saturated rings.